The van der Waals surface area contributed by atoms with E-state index in [4.69, 9.17) is 10.4 Å². The van der Waals surface area contributed by atoms with Gasteiger partial charge in [-0.15, -0.1) is 0 Å². The Morgan fingerprint density at radius 1 is 1.14 bits per heavy atom. The third kappa shape index (κ3) is 22.7. The Hall–Kier alpha value is -2.41. The SMILES string of the molecule is C=C(C)C(=O)O.C=C(C)C(=O)OO.C=CC(=O)OCCCC. The zero-order chi connectivity index (χ0) is 18.1. The maximum Gasteiger partial charge on any atom is 0.367 e. The monoisotopic (exact) mass is 316 g/mol. The van der Waals surface area contributed by atoms with Crippen LogP contribution < -0.4 is 0 Å². The van der Waals surface area contributed by atoms with Crippen molar-refractivity contribution in [3.05, 3.63) is 37.0 Å². The Balaban J connectivity index is -0.000000252. The first-order chi connectivity index (χ1) is 10.1. The van der Waals surface area contributed by atoms with Gasteiger partial charge in [0, 0.05) is 17.2 Å². The van der Waals surface area contributed by atoms with Crippen LogP contribution in [0.2, 0.25) is 0 Å². The molecule has 0 aliphatic carbocycles. The van der Waals surface area contributed by atoms with E-state index in [1.165, 1.54) is 19.9 Å². The van der Waals surface area contributed by atoms with Crippen LogP contribution in [0.15, 0.2) is 37.0 Å². The number of ether oxygens (including phenoxy) is 1. The Bertz CT molecular complexity index is 385. The molecule has 0 amide bonds. The summed E-state index contributed by atoms with van der Waals surface area (Å²) in [5, 5.41) is 15.5. The number of carbonyl (C=O) groups excluding carboxylic acids is 2. The summed E-state index contributed by atoms with van der Waals surface area (Å²) < 4.78 is 4.67. The summed E-state index contributed by atoms with van der Waals surface area (Å²) in [7, 11) is 0. The van der Waals surface area contributed by atoms with Gasteiger partial charge >= 0.3 is 17.9 Å². The molecule has 22 heavy (non-hydrogen) atoms. The highest BCUT2D eigenvalue weighted by Crippen LogP contribution is 1.88. The molecule has 0 aliphatic rings. The van der Waals surface area contributed by atoms with Crippen molar-refractivity contribution in [2.24, 2.45) is 0 Å². The van der Waals surface area contributed by atoms with Crippen LogP contribution in [0.25, 0.3) is 0 Å². The van der Waals surface area contributed by atoms with E-state index in [0.717, 1.165) is 12.8 Å². The van der Waals surface area contributed by atoms with Crippen LogP contribution in [-0.4, -0.2) is 34.9 Å². The van der Waals surface area contributed by atoms with E-state index in [9.17, 15) is 14.4 Å². The molecule has 7 heteroatoms. The molecule has 126 valence electrons. The fraction of sp³-hybridized carbons (Fsp3) is 0.400. The summed E-state index contributed by atoms with van der Waals surface area (Å²) >= 11 is 0. The quantitative estimate of drug-likeness (QED) is 0.255. The minimum Gasteiger partial charge on any atom is -0.478 e. The summed E-state index contributed by atoms with van der Waals surface area (Å²) in [6.07, 6.45) is 3.15. The lowest BCUT2D eigenvalue weighted by Gasteiger charge is -1.97. The zero-order valence-corrected chi connectivity index (χ0v) is 13.3. The highest BCUT2D eigenvalue weighted by atomic mass is 17.1. The Labute approximate surface area is 130 Å². The Morgan fingerprint density at radius 3 is 1.77 bits per heavy atom. The first-order valence-corrected chi connectivity index (χ1v) is 6.33. The highest BCUT2D eigenvalue weighted by molar-refractivity contribution is 5.86. The van der Waals surface area contributed by atoms with Crippen LogP contribution >= 0.6 is 0 Å². The predicted octanol–water partition coefficient (Wildman–Crippen LogP) is 2.74. The van der Waals surface area contributed by atoms with E-state index < -0.39 is 11.9 Å². The van der Waals surface area contributed by atoms with Crippen molar-refractivity contribution in [1.29, 1.82) is 0 Å². The van der Waals surface area contributed by atoms with Crippen LogP contribution in [0.3, 0.4) is 0 Å². The van der Waals surface area contributed by atoms with Crippen molar-refractivity contribution in [2.75, 3.05) is 6.61 Å². The highest BCUT2D eigenvalue weighted by Gasteiger charge is 1.98. The molecule has 0 aliphatic heterocycles. The summed E-state index contributed by atoms with van der Waals surface area (Å²) in [5.41, 5.74) is 0.359. The molecule has 0 rings (SSSR count). The van der Waals surface area contributed by atoms with Crippen molar-refractivity contribution in [1.82, 2.24) is 0 Å². The number of carboxylic acids is 1. The largest absolute Gasteiger partial charge is 0.478 e. The molecule has 0 aromatic heterocycles. The summed E-state index contributed by atoms with van der Waals surface area (Å²) in [4.78, 5) is 33.2. The standard InChI is InChI=1S/C7H12O2.C4H6O3.C4H6O2/c1-3-5-6-9-7(8)4-2;1-3(2)4(5)7-6;1-3(2)4(5)6/h4H,2-3,5-6H2,1H3;6H,1H2,2H3;1H2,2H3,(H,5,6). The van der Waals surface area contributed by atoms with Crippen molar-refractivity contribution < 1.29 is 34.4 Å². The van der Waals surface area contributed by atoms with Crippen molar-refractivity contribution in [2.45, 2.75) is 33.6 Å². The van der Waals surface area contributed by atoms with Gasteiger partial charge in [-0.25, -0.2) is 14.4 Å². The number of carbonyl (C=O) groups is 3. The number of aliphatic carboxylic acids is 1. The lowest BCUT2D eigenvalue weighted by molar-refractivity contribution is -0.229. The first kappa shape index (κ1) is 24.6. The molecule has 7 nitrogen and oxygen atoms in total. The number of hydrogen-bond donors (Lipinski definition) is 2. The molecule has 0 aromatic rings. The van der Waals surface area contributed by atoms with Crippen LogP contribution in [0.4, 0.5) is 0 Å². The second-order valence-corrected chi connectivity index (χ2v) is 3.97. The van der Waals surface area contributed by atoms with Crippen molar-refractivity contribution >= 4 is 17.9 Å². The van der Waals surface area contributed by atoms with E-state index in [-0.39, 0.29) is 17.1 Å². The van der Waals surface area contributed by atoms with Gasteiger partial charge in [0.15, 0.2) is 0 Å². The van der Waals surface area contributed by atoms with Gasteiger partial charge in [-0.05, 0) is 20.3 Å². The lowest BCUT2D eigenvalue weighted by Crippen LogP contribution is -2.00. The van der Waals surface area contributed by atoms with E-state index in [0.29, 0.717) is 6.61 Å². The topological polar surface area (TPSA) is 110 Å². The molecule has 0 bridgehead atoms. The normalized spacial score (nSPS) is 8.00. The number of hydrogen-bond acceptors (Lipinski definition) is 6. The molecule has 0 heterocycles. The molecule has 0 saturated heterocycles. The van der Waals surface area contributed by atoms with E-state index >= 15 is 0 Å². The van der Waals surface area contributed by atoms with Crippen LogP contribution in [-0.2, 0) is 24.0 Å². The van der Waals surface area contributed by atoms with Gasteiger partial charge in [-0.2, -0.15) is 5.26 Å². The molecular formula is C15H24O7. The molecule has 0 saturated carbocycles. The van der Waals surface area contributed by atoms with Gasteiger partial charge in [0.2, 0.25) is 0 Å². The third-order valence-corrected chi connectivity index (χ3v) is 1.71. The number of rotatable bonds is 6. The van der Waals surface area contributed by atoms with Gasteiger partial charge in [-0.1, -0.05) is 33.1 Å². The molecule has 0 fully saturated rings. The van der Waals surface area contributed by atoms with Gasteiger partial charge in [0.1, 0.15) is 0 Å². The van der Waals surface area contributed by atoms with Crippen LogP contribution in [0.5, 0.6) is 0 Å². The van der Waals surface area contributed by atoms with Crippen molar-refractivity contribution in [3.63, 3.8) is 0 Å². The molecule has 2 N–H and O–H groups in total. The fourth-order valence-corrected chi connectivity index (χ4v) is 0.454. The summed E-state index contributed by atoms with van der Waals surface area (Å²) in [5.74, 6) is -2.06. The second kappa shape index (κ2) is 16.6. The molecule has 0 radical (unpaired) electrons. The lowest BCUT2D eigenvalue weighted by atomic mass is 10.4. The van der Waals surface area contributed by atoms with E-state index in [1.807, 2.05) is 6.92 Å². The van der Waals surface area contributed by atoms with Gasteiger partial charge in [0.05, 0.1) is 6.61 Å². The van der Waals surface area contributed by atoms with Gasteiger partial charge < -0.3 is 9.84 Å². The van der Waals surface area contributed by atoms with Gasteiger partial charge in [-0.3, -0.25) is 4.89 Å². The van der Waals surface area contributed by atoms with E-state index in [2.05, 4.69) is 29.4 Å². The minimum absolute atomic E-state index is 0.176. The summed E-state index contributed by atoms with van der Waals surface area (Å²) in [6.45, 7) is 15.1. The molecule has 0 spiro atoms. The van der Waals surface area contributed by atoms with Crippen LogP contribution in [0, 0.1) is 0 Å². The second-order valence-electron chi connectivity index (χ2n) is 3.97. The number of carboxylic acid groups (broad SMARTS) is 1. The van der Waals surface area contributed by atoms with Crippen molar-refractivity contribution in [3.8, 4) is 0 Å². The maximum absolute atomic E-state index is 10.3. The van der Waals surface area contributed by atoms with Crippen LogP contribution in [0.1, 0.15) is 33.6 Å². The molecule has 0 aromatic carbocycles. The smallest absolute Gasteiger partial charge is 0.367 e. The Kier molecular flexibility index (Phi) is 18.6. The summed E-state index contributed by atoms with van der Waals surface area (Å²) in [6, 6.07) is 0. The minimum atomic E-state index is -0.935. The number of unbranched alkanes of at least 4 members (excludes halogenated alkanes) is 1. The average Bonchev–Trinajstić information content (AvgIpc) is 2.47. The predicted molar refractivity (Wildman–Crippen MR) is 82.0 cm³/mol. The maximum atomic E-state index is 10.3. The molecule has 0 unspecified atom stereocenters. The third-order valence-electron chi connectivity index (χ3n) is 1.71. The first-order valence-electron chi connectivity index (χ1n) is 6.33. The van der Waals surface area contributed by atoms with Gasteiger partial charge in [0.25, 0.3) is 0 Å². The average molecular weight is 316 g/mol. The Morgan fingerprint density at radius 2 is 1.59 bits per heavy atom. The molecule has 0 atom stereocenters. The fourth-order valence-electron chi connectivity index (χ4n) is 0.454. The van der Waals surface area contributed by atoms with E-state index in [1.54, 1.807) is 0 Å². The zero-order valence-electron chi connectivity index (χ0n) is 13.3. The molecular weight excluding hydrogens is 292 g/mol. The number of esters is 1.